The van der Waals surface area contributed by atoms with E-state index in [2.05, 4.69) is 38.7 Å². The van der Waals surface area contributed by atoms with Gasteiger partial charge in [-0.1, -0.05) is 13.0 Å². The van der Waals surface area contributed by atoms with E-state index < -0.39 is 0 Å². The summed E-state index contributed by atoms with van der Waals surface area (Å²) in [5, 5.41) is 9.35. The van der Waals surface area contributed by atoms with E-state index in [0.29, 0.717) is 23.1 Å². The molecule has 8 heteroatoms. The Morgan fingerprint density at radius 2 is 2.06 bits per heavy atom. The van der Waals surface area contributed by atoms with Gasteiger partial charge in [0.05, 0.1) is 6.04 Å². The molecule has 1 aliphatic heterocycles. The van der Waals surface area contributed by atoms with Crippen LogP contribution in [0.25, 0.3) is 0 Å². The van der Waals surface area contributed by atoms with Crippen LogP contribution in [-0.2, 0) is 0 Å². The van der Waals surface area contributed by atoms with Crippen LogP contribution in [0.2, 0.25) is 0 Å². The zero-order valence-corrected chi connectivity index (χ0v) is 18.7. The SMILES string of the molecule is CC12C=C(N=O)C=CC1N(c1ccnc(Nc3ccc(C(=O)NCC4CC4)cc3)n1)CCC2. The van der Waals surface area contributed by atoms with Crippen LogP contribution in [0, 0.1) is 16.2 Å². The molecule has 1 amide bonds. The molecule has 2 unspecified atom stereocenters. The van der Waals surface area contributed by atoms with Crippen LogP contribution in [0.4, 0.5) is 17.5 Å². The summed E-state index contributed by atoms with van der Waals surface area (Å²) in [7, 11) is 0. The largest absolute Gasteiger partial charge is 0.352 e. The molecule has 3 aliphatic rings. The highest BCUT2D eigenvalue weighted by atomic mass is 16.3. The zero-order chi connectivity index (χ0) is 22.8. The number of benzene rings is 1. The number of hydrogen-bond donors (Lipinski definition) is 2. The van der Waals surface area contributed by atoms with Gasteiger partial charge < -0.3 is 15.5 Å². The standard InChI is InChI=1S/C25H28N6O2/c1-25-12-2-14-31(21(25)10-9-20(15-25)30-33)22-11-13-26-24(29-22)28-19-7-5-18(6-8-19)23(32)27-16-17-3-4-17/h5-11,13,15,17,21H,2-4,12,14,16H2,1H3,(H,27,32)(H,26,28,29). The van der Waals surface area contributed by atoms with Gasteiger partial charge in [-0.15, -0.1) is 4.91 Å². The lowest BCUT2D eigenvalue weighted by Gasteiger charge is -2.47. The van der Waals surface area contributed by atoms with Gasteiger partial charge in [0.15, 0.2) is 0 Å². The molecule has 1 saturated carbocycles. The van der Waals surface area contributed by atoms with Gasteiger partial charge in [0.1, 0.15) is 11.5 Å². The summed E-state index contributed by atoms with van der Waals surface area (Å²) < 4.78 is 0. The van der Waals surface area contributed by atoms with Gasteiger partial charge in [-0.25, -0.2) is 4.98 Å². The number of nitrogens with zero attached hydrogens (tertiary/aromatic N) is 4. The average Bonchev–Trinajstić information content (AvgIpc) is 3.66. The van der Waals surface area contributed by atoms with Gasteiger partial charge >= 0.3 is 0 Å². The number of rotatable bonds is 7. The van der Waals surface area contributed by atoms with Crippen LogP contribution in [0.3, 0.4) is 0 Å². The monoisotopic (exact) mass is 444 g/mol. The van der Waals surface area contributed by atoms with Crippen molar-refractivity contribution in [2.45, 2.75) is 38.6 Å². The average molecular weight is 445 g/mol. The minimum atomic E-state index is -0.162. The minimum Gasteiger partial charge on any atom is -0.352 e. The van der Waals surface area contributed by atoms with E-state index in [-0.39, 0.29) is 17.4 Å². The highest BCUT2D eigenvalue weighted by Crippen LogP contribution is 2.42. The lowest BCUT2D eigenvalue weighted by molar-refractivity contribution is 0.0952. The van der Waals surface area contributed by atoms with Crippen molar-refractivity contribution in [1.29, 1.82) is 0 Å². The Balaban J connectivity index is 1.28. The molecule has 1 saturated heterocycles. The third kappa shape index (κ3) is 4.65. The van der Waals surface area contributed by atoms with E-state index in [9.17, 15) is 9.70 Å². The van der Waals surface area contributed by atoms with E-state index in [4.69, 9.17) is 4.98 Å². The lowest BCUT2D eigenvalue weighted by Crippen LogP contribution is -2.50. The number of carbonyl (C=O) groups excluding carboxylic acids is 1. The summed E-state index contributed by atoms with van der Waals surface area (Å²) in [5.74, 6) is 1.94. The maximum atomic E-state index is 12.3. The predicted octanol–water partition coefficient (Wildman–Crippen LogP) is 4.56. The maximum Gasteiger partial charge on any atom is 0.251 e. The fourth-order valence-corrected chi connectivity index (χ4v) is 4.71. The molecule has 1 aromatic carbocycles. The normalized spacial score (nSPS) is 24.0. The summed E-state index contributed by atoms with van der Waals surface area (Å²) in [5.41, 5.74) is 1.79. The Morgan fingerprint density at radius 1 is 1.24 bits per heavy atom. The first-order chi connectivity index (χ1) is 16.0. The van der Waals surface area contributed by atoms with Crippen molar-refractivity contribution in [1.82, 2.24) is 15.3 Å². The van der Waals surface area contributed by atoms with Crippen LogP contribution < -0.4 is 15.5 Å². The van der Waals surface area contributed by atoms with Gasteiger partial charge in [0.25, 0.3) is 5.91 Å². The molecule has 2 fully saturated rings. The summed E-state index contributed by atoms with van der Waals surface area (Å²) in [6.45, 7) is 3.80. The molecule has 2 aromatic rings. The van der Waals surface area contributed by atoms with Crippen LogP contribution in [0.5, 0.6) is 0 Å². The summed E-state index contributed by atoms with van der Waals surface area (Å²) in [6, 6.07) is 9.36. The number of nitrogens with one attached hydrogen (secondary N) is 2. The van der Waals surface area contributed by atoms with Crippen LogP contribution in [0.1, 0.15) is 43.0 Å². The number of anilines is 3. The molecule has 2 aliphatic carbocycles. The van der Waals surface area contributed by atoms with E-state index >= 15 is 0 Å². The fraction of sp³-hybridized carbons (Fsp3) is 0.400. The number of fused-ring (bicyclic) bond motifs is 1. The molecular weight excluding hydrogens is 416 g/mol. The van der Waals surface area contributed by atoms with Crippen molar-refractivity contribution in [2.24, 2.45) is 16.5 Å². The number of piperidine rings is 1. The zero-order valence-electron chi connectivity index (χ0n) is 18.7. The van der Waals surface area contributed by atoms with Gasteiger partial charge in [-0.05, 0) is 79.3 Å². The molecule has 5 rings (SSSR count). The van der Waals surface area contributed by atoms with Gasteiger partial charge in [0, 0.05) is 36.0 Å². The molecular formula is C25H28N6O2. The molecule has 0 spiro atoms. The number of nitroso groups, excluding NO2 is 1. The predicted molar refractivity (Wildman–Crippen MR) is 128 cm³/mol. The molecule has 0 bridgehead atoms. The Kier molecular flexibility index (Phi) is 5.66. The number of hydrogen-bond acceptors (Lipinski definition) is 7. The Morgan fingerprint density at radius 3 is 2.82 bits per heavy atom. The number of aromatic nitrogens is 2. The van der Waals surface area contributed by atoms with Gasteiger partial charge in [-0.3, -0.25) is 4.79 Å². The third-order valence-corrected chi connectivity index (χ3v) is 6.74. The Bertz CT molecular complexity index is 1110. The minimum absolute atomic E-state index is 0.0395. The Labute approximate surface area is 193 Å². The smallest absolute Gasteiger partial charge is 0.251 e. The highest BCUT2D eigenvalue weighted by molar-refractivity contribution is 5.94. The summed E-state index contributed by atoms with van der Waals surface area (Å²) in [4.78, 5) is 34.7. The quantitative estimate of drug-likeness (QED) is 0.608. The fourth-order valence-electron chi connectivity index (χ4n) is 4.71. The number of allylic oxidation sites excluding steroid dienone is 1. The van der Waals surface area contributed by atoms with Gasteiger partial charge in [0.2, 0.25) is 5.95 Å². The first kappa shape index (κ1) is 21.3. The van der Waals surface area contributed by atoms with Crippen LogP contribution in [0.15, 0.2) is 65.6 Å². The van der Waals surface area contributed by atoms with E-state index in [1.807, 2.05) is 36.4 Å². The van der Waals surface area contributed by atoms with Crippen molar-refractivity contribution in [3.05, 3.63) is 70.9 Å². The van der Waals surface area contributed by atoms with Crippen molar-refractivity contribution >= 4 is 23.4 Å². The van der Waals surface area contributed by atoms with Crippen molar-refractivity contribution in [2.75, 3.05) is 23.3 Å². The van der Waals surface area contributed by atoms with Crippen LogP contribution >= 0.6 is 0 Å². The number of carbonyl (C=O) groups is 1. The molecule has 2 N–H and O–H groups in total. The van der Waals surface area contributed by atoms with E-state index in [0.717, 1.165) is 37.4 Å². The van der Waals surface area contributed by atoms with Crippen LogP contribution in [-0.4, -0.2) is 35.0 Å². The molecule has 1 aromatic heterocycles. The second kappa shape index (κ2) is 8.77. The maximum absolute atomic E-state index is 12.3. The molecule has 2 atom stereocenters. The second-order valence-electron chi connectivity index (χ2n) is 9.36. The first-order valence-corrected chi connectivity index (χ1v) is 11.5. The molecule has 0 radical (unpaired) electrons. The number of amides is 1. The van der Waals surface area contributed by atoms with Crippen molar-refractivity contribution in [3.8, 4) is 0 Å². The first-order valence-electron chi connectivity index (χ1n) is 11.5. The molecule has 8 nitrogen and oxygen atoms in total. The highest BCUT2D eigenvalue weighted by Gasteiger charge is 2.40. The molecule has 33 heavy (non-hydrogen) atoms. The topological polar surface area (TPSA) is 99.6 Å². The van der Waals surface area contributed by atoms with Crippen molar-refractivity contribution < 1.29 is 4.79 Å². The summed E-state index contributed by atoms with van der Waals surface area (Å²) >= 11 is 0. The lowest BCUT2D eigenvalue weighted by atomic mass is 9.72. The molecule has 2 heterocycles. The molecule has 170 valence electrons. The Hall–Kier alpha value is -3.55. The van der Waals surface area contributed by atoms with Gasteiger partial charge in [-0.2, -0.15) is 4.98 Å². The van der Waals surface area contributed by atoms with Crippen molar-refractivity contribution in [3.63, 3.8) is 0 Å². The third-order valence-electron chi connectivity index (χ3n) is 6.74. The van der Waals surface area contributed by atoms with E-state index in [1.165, 1.54) is 12.8 Å². The summed E-state index contributed by atoms with van der Waals surface area (Å²) in [6.07, 6.45) is 12.0. The second-order valence-corrected chi connectivity index (χ2v) is 9.36. The van der Waals surface area contributed by atoms with E-state index in [1.54, 1.807) is 12.3 Å².